The van der Waals surface area contributed by atoms with Crippen LogP contribution in [-0.4, -0.2) is 60.1 Å². The lowest BCUT2D eigenvalue weighted by Gasteiger charge is -2.36. The molecule has 1 aliphatic rings. The van der Waals surface area contributed by atoms with Gasteiger partial charge in [-0.15, -0.1) is 0 Å². The molecule has 0 saturated carbocycles. The van der Waals surface area contributed by atoms with Crippen LogP contribution in [0.4, 0.5) is 0 Å². The summed E-state index contributed by atoms with van der Waals surface area (Å²) in [5.41, 5.74) is 0.236. The van der Waals surface area contributed by atoms with Crippen LogP contribution in [0.25, 0.3) is 0 Å². The second-order valence-electron chi connectivity index (χ2n) is 7.17. The highest BCUT2D eigenvalue weighted by Crippen LogP contribution is 2.21. The molecule has 1 saturated heterocycles. The molecule has 0 bridgehead atoms. The fraction of sp³-hybridized carbons (Fsp3) is 0.476. The largest absolute Gasteiger partial charge is 0.466 e. The first kappa shape index (κ1) is 19.5. The van der Waals surface area contributed by atoms with Gasteiger partial charge >= 0.3 is 0 Å². The molecule has 1 aromatic heterocycles. The first-order chi connectivity index (χ1) is 13.1. The van der Waals surface area contributed by atoms with E-state index in [9.17, 15) is 5.11 Å². The summed E-state index contributed by atoms with van der Waals surface area (Å²) in [7, 11) is 0. The summed E-state index contributed by atoms with van der Waals surface area (Å²) in [6.07, 6.45) is 1.57. The molecule has 1 fully saturated rings. The fourth-order valence-corrected chi connectivity index (χ4v) is 3.28. The van der Waals surface area contributed by atoms with Crippen molar-refractivity contribution in [1.29, 1.82) is 0 Å². The molecule has 27 heavy (non-hydrogen) atoms. The van der Waals surface area contributed by atoms with E-state index in [1.54, 1.807) is 25.3 Å². The molecule has 0 spiro atoms. The molecule has 2 aromatic rings. The molecule has 3 rings (SSSR count). The van der Waals surface area contributed by atoms with E-state index in [0.29, 0.717) is 5.76 Å². The zero-order chi connectivity index (χ0) is 19.1. The van der Waals surface area contributed by atoms with Gasteiger partial charge in [0.05, 0.1) is 12.8 Å². The predicted octanol–water partition coefficient (Wildman–Crippen LogP) is 2.27. The van der Waals surface area contributed by atoms with Gasteiger partial charge < -0.3 is 19.7 Å². The Morgan fingerprint density at radius 1 is 1.15 bits per heavy atom. The monoisotopic (exact) mass is 370 g/mol. The second kappa shape index (κ2) is 9.06. The van der Waals surface area contributed by atoms with E-state index in [0.717, 1.165) is 45.2 Å². The minimum absolute atomic E-state index is 0.257. The highest BCUT2D eigenvalue weighted by molar-refractivity contribution is 5.80. The summed E-state index contributed by atoms with van der Waals surface area (Å²) in [5, 5.41) is 14.0. The van der Waals surface area contributed by atoms with Crippen molar-refractivity contribution < 1.29 is 9.52 Å². The lowest BCUT2D eigenvalue weighted by atomic mass is 10.0. The van der Waals surface area contributed by atoms with Gasteiger partial charge in [-0.1, -0.05) is 30.3 Å². The number of aliphatic hydroxyl groups is 1. The molecule has 1 atom stereocenters. The minimum atomic E-state index is -1.11. The van der Waals surface area contributed by atoms with Gasteiger partial charge in [0.25, 0.3) is 0 Å². The van der Waals surface area contributed by atoms with Gasteiger partial charge in [0.2, 0.25) is 0 Å². The van der Waals surface area contributed by atoms with Gasteiger partial charge in [-0.2, -0.15) is 0 Å². The fourth-order valence-electron chi connectivity index (χ4n) is 3.28. The molecule has 0 radical (unpaired) electrons. The van der Waals surface area contributed by atoms with Gasteiger partial charge in [-0.3, -0.25) is 4.90 Å². The normalized spacial score (nSPS) is 18.3. The Kier molecular flexibility index (Phi) is 6.53. The van der Waals surface area contributed by atoms with Crippen molar-refractivity contribution >= 4 is 5.96 Å². The molecule has 6 nitrogen and oxygen atoms in total. The molecule has 0 amide bonds. The van der Waals surface area contributed by atoms with Crippen LogP contribution in [0.15, 0.2) is 58.1 Å². The SMILES string of the molecule is CCNC(=NCC(C)(O)c1ccco1)N1CCN(Cc2ccccc2)CC1. The average Bonchev–Trinajstić information content (AvgIpc) is 3.23. The summed E-state index contributed by atoms with van der Waals surface area (Å²) >= 11 is 0. The number of furan rings is 1. The Bertz CT molecular complexity index is 705. The van der Waals surface area contributed by atoms with Gasteiger partial charge in [0, 0.05) is 39.3 Å². The van der Waals surface area contributed by atoms with Gasteiger partial charge in [0.15, 0.2) is 5.96 Å². The first-order valence-corrected chi connectivity index (χ1v) is 9.64. The van der Waals surface area contributed by atoms with Crippen LogP contribution in [-0.2, 0) is 12.1 Å². The summed E-state index contributed by atoms with van der Waals surface area (Å²) < 4.78 is 5.35. The number of piperazine rings is 1. The smallest absolute Gasteiger partial charge is 0.194 e. The second-order valence-corrected chi connectivity index (χ2v) is 7.17. The van der Waals surface area contributed by atoms with Crippen molar-refractivity contribution in [3.63, 3.8) is 0 Å². The number of hydrogen-bond acceptors (Lipinski definition) is 4. The van der Waals surface area contributed by atoms with Crippen LogP contribution in [0.2, 0.25) is 0 Å². The van der Waals surface area contributed by atoms with Crippen molar-refractivity contribution in [2.75, 3.05) is 39.3 Å². The van der Waals surface area contributed by atoms with Crippen LogP contribution in [0, 0.1) is 0 Å². The Hall–Kier alpha value is -2.31. The van der Waals surface area contributed by atoms with E-state index in [1.165, 1.54) is 5.56 Å². The van der Waals surface area contributed by atoms with E-state index >= 15 is 0 Å². The Labute approximate surface area is 161 Å². The van der Waals surface area contributed by atoms with Crippen LogP contribution >= 0.6 is 0 Å². The number of nitrogens with one attached hydrogen (secondary N) is 1. The quantitative estimate of drug-likeness (QED) is 0.603. The molecule has 2 N–H and O–H groups in total. The number of guanidine groups is 1. The van der Waals surface area contributed by atoms with Crippen molar-refractivity contribution in [1.82, 2.24) is 15.1 Å². The van der Waals surface area contributed by atoms with E-state index in [4.69, 9.17) is 4.42 Å². The third-order valence-corrected chi connectivity index (χ3v) is 4.84. The van der Waals surface area contributed by atoms with E-state index in [-0.39, 0.29) is 6.54 Å². The van der Waals surface area contributed by atoms with Crippen molar-refractivity contribution in [3.8, 4) is 0 Å². The zero-order valence-corrected chi connectivity index (χ0v) is 16.3. The maximum absolute atomic E-state index is 10.6. The van der Waals surface area contributed by atoms with E-state index < -0.39 is 5.60 Å². The summed E-state index contributed by atoms with van der Waals surface area (Å²) in [6, 6.07) is 14.1. The van der Waals surface area contributed by atoms with E-state index in [2.05, 4.69) is 57.4 Å². The van der Waals surface area contributed by atoms with Gasteiger partial charge in [-0.05, 0) is 31.5 Å². The topological polar surface area (TPSA) is 64.2 Å². The van der Waals surface area contributed by atoms with Crippen molar-refractivity contribution in [2.24, 2.45) is 4.99 Å². The van der Waals surface area contributed by atoms with Gasteiger partial charge in [0.1, 0.15) is 11.4 Å². The van der Waals surface area contributed by atoms with Gasteiger partial charge in [-0.25, -0.2) is 4.99 Å². The molecular formula is C21H30N4O2. The molecule has 0 aliphatic carbocycles. The predicted molar refractivity (Wildman–Crippen MR) is 108 cm³/mol. The Morgan fingerprint density at radius 3 is 2.52 bits per heavy atom. The third-order valence-electron chi connectivity index (χ3n) is 4.84. The van der Waals surface area contributed by atoms with Crippen LogP contribution in [0.5, 0.6) is 0 Å². The molecular weight excluding hydrogens is 340 g/mol. The lowest BCUT2D eigenvalue weighted by Crippen LogP contribution is -2.52. The third kappa shape index (κ3) is 5.34. The van der Waals surface area contributed by atoms with Crippen LogP contribution < -0.4 is 5.32 Å². The number of aliphatic imine (C=N–C) groups is 1. The van der Waals surface area contributed by atoms with Crippen molar-refractivity contribution in [2.45, 2.75) is 26.0 Å². The molecule has 6 heteroatoms. The van der Waals surface area contributed by atoms with Crippen molar-refractivity contribution in [3.05, 3.63) is 60.1 Å². The van der Waals surface area contributed by atoms with Crippen LogP contribution in [0.1, 0.15) is 25.2 Å². The highest BCUT2D eigenvalue weighted by atomic mass is 16.4. The average molecular weight is 370 g/mol. The standard InChI is InChI=1S/C21H30N4O2/c1-3-22-20(23-17-21(2,26)19-10-7-15-27-19)25-13-11-24(12-14-25)16-18-8-5-4-6-9-18/h4-10,15,26H,3,11-14,16-17H2,1-2H3,(H,22,23). The van der Waals surface area contributed by atoms with E-state index in [1.807, 2.05) is 0 Å². The zero-order valence-electron chi connectivity index (χ0n) is 16.3. The Balaban J connectivity index is 1.57. The molecule has 146 valence electrons. The maximum atomic E-state index is 10.6. The molecule has 1 unspecified atom stereocenters. The lowest BCUT2D eigenvalue weighted by molar-refractivity contribution is 0.0433. The van der Waals surface area contributed by atoms with Crippen LogP contribution in [0.3, 0.4) is 0 Å². The first-order valence-electron chi connectivity index (χ1n) is 9.64. The summed E-state index contributed by atoms with van der Waals surface area (Å²) in [6.45, 7) is 9.65. The summed E-state index contributed by atoms with van der Waals surface area (Å²) in [5.74, 6) is 1.39. The highest BCUT2D eigenvalue weighted by Gasteiger charge is 2.27. The number of benzene rings is 1. The number of nitrogens with zero attached hydrogens (tertiary/aromatic N) is 3. The Morgan fingerprint density at radius 2 is 1.89 bits per heavy atom. The molecule has 1 aliphatic heterocycles. The maximum Gasteiger partial charge on any atom is 0.194 e. The minimum Gasteiger partial charge on any atom is -0.466 e. The summed E-state index contributed by atoms with van der Waals surface area (Å²) in [4.78, 5) is 9.41. The molecule has 1 aromatic carbocycles. The molecule has 2 heterocycles. The number of hydrogen-bond donors (Lipinski definition) is 2. The number of rotatable bonds is 6.